The van der Waals surface area contributed by atoms with E-state index in [1.807, 2.05) is 13.8 Å². The molecule has 0 fully saturated rings. The topological polar surface area (TPSA) is 104 Å². The highest BCUT2D eigenvalue weighted by molar-refractivity contribution is 7.99. The third-order valence-electron chi connectivity index (χ3n) is 4.51. The number of carbonyl (C=O) groups excluding carboxylic acids is 2. The molecule has 2 N–H and O–H groups in total. The Bertz CT molecular complexity index is 925. The average molecular weight is 441 g/mol. The number of amides is 2. The number of ether oxygens (including phenoxy) is 1. The van der Waals surface area contributed by atoms with E-state index in [-0.39, 0.29) is 29.2 Å². The molecule has 0 saturated carbocycles. The smallest absolute Gasteiger partial charge is 0.259 e. The van der Waals surface area contributed by atoms with Gasteiger partial charge in [-0.05, 0) is 32.8 Å². The molecule has 0 bridgehead atoms. The van der Waals surface area contributed by atoms with Crippen molar-refractivity contribution in [1.82, 2.24) is 20.2 Å². The fraction of sp³-hybridized carbons (Fsp3) is 0.579. The molecule has 1 atom stereocenters. The Hall–Kier alpha value is -1.91. The van der Waals surface area contributed by atoms with Gasteiger partial charge in [0.05, 0.1) is 22.9 Å². The number of nitrogens with one attached hydrogen (secondary N) is 2. The highest BCUT2D eigenvalue weighted by atomic mass is 32.2. The van der Waals surface area contributed by atoms with Gasteiger partial charge in [0.2, 0.25) is 11.8 Å². The predicted octanol–water partition coefficient (Wildman–Crippen LogP) is 1.83. The molecule has 0 radical (unpaired) electrons. The molecule has 0 saturated heterocycles. The van der Waals surface area contributed by atoms with E-state index in [0.717, 1.165) is 21.7 Å². The van der Waals surface area contributed by atoms with E-state index in [1.54, 1.807) is 21.1 Å². The Morgan fingerprint density at radius 1 is 1.38 bits per heavy atom. The van der Waals surface area contributed by atoms with Gasteiger partial charge in [0.25, 0.3) is 5.56 Å². The van der Waals surface area contributed by atoms with Crippen LogP contribution in [0.1, 0.15) is 29.6 Å². The minimum Gasteiger partial charge on any atom is -0.385 e. The summed E-state index contributed by atoms with van der Waals surface area (Å²) in [5.41, 5.74) is 0.817. The van der Waals surface area contributed by atoms with Crippen LogP contribution in [0.3, 0.4) is 0 Å². The summed E-state index contributed by atoms with van der Waals surface area (Å²) in [4.78, 5) is 47.3. The first-order valence-electron chi connectivity index (χ1n) is 9.35. The van der Waals surface area contributed by atoms with Crippen LogP contribution in [0.15, 0.2) is 4.79 Å². The van der Waals surface area contributed by atoms with E-state index >= 15 is 0 Å². The van der Waals surface area contributed by atoms with Crippen molar-refractivity contribution >= 4 is 45.1 Å². The fourth-order valence-corrected chi connectivity index (χ4v) is 4.66. The molecule has 0 aliphatic rings. The minimum atomic E-state index is -0.367. The minimum absolute atomic E-state index is 0.00546. The molecule has 2 aromatic heterocycles. The summed E-state index contributed by atoms with van der Waals surface area (Å²) in [7, 11) is 3.22. The molecule has 1 unspecified atom stereocenters. The fourth-order valence-electron chi connectivity index (χ4n) is 2.75. The Morgan fingerprint density at radius 3 is 2.79 bits per heavy atom. The van der Waals surface area contributed by atoms with Crippen molar-refractivity contribution in [3.8, 4) is 0 Å². The van der Waals surface area contributed by atoms with E-state index in [0.29, 0.717) is 30.1 Å². The molecule has 2 rings (SSSR count). The zero-order chi connectivity index (χ0) is 21.6. The molecule has 2 amide bonds. The van der Waals surface area contributed by atoms with Gasteiger partial charge >= 0.3 is 0 Å². The maximum atomic E-state index is 12.5. The maximum absolute atomic E-state index is 12.5. The van der Waals surface area contributed by atoms with E-state index < -0.39 is 0 Å². The molecule has 29 heavy (non-hydrogen) atoms. The van der Waals surface area contributed by atoms with Crippen molar-refractivity contribution in [3.05, 3.63) is 26.6 Å². The zero-order valence-corrected chi connectivity index (χ0v) is 19.1. The lowest BCUT2D eigenvalue weighted by Crippen LogP contribution is -2.41. The van der Waals surface area contributed by atoms with Crippen molar-refractivity contribution in [2.75, 3.05) is 33.9 Å². The number of H-pyrrole nitrogens is 1. The molecule has 8 nitrogen and oxygen atoms in total. The molecular formula is C19H28N4O4S2. The first kappa shape index (κ1) is 23.4. The normalized spacial score (nSPS) is 12.2. The summed E-state index contributed by atoms with van der Waals surface area (Å²) >= 11 is 2.88. The lowest BCUT2D eigenvalue weighted by atomic mass is 10.2. The summed E-state index contributed by atoms with van der Waals surface area (Å²) in [5.74, 6) is 0.611. The van der Waals surface area contributed by atoms with Crippen LogP contribution in [0.25, 0.3) is 10.2 Å². The molecule has 0 aliphatic carbocycles. The standard InChI is InChI=1S/C19H28N4O4S2/c1-11-12(2)29-18-16(11)17(25)21-14(22-18)10-28-13(3)19(26)23(4)9-15(24)20-7-6-8-27-5/h13H,6-10H2,1-5H3,(H,20,24)(H,21,22,25). The highest BCUT2D eigenvalue weighted by Crippen LogP contribution is 2.26. The average Bonchev–Trinajstić information content (AvgIpc) is 2.96. The van der Waals surface area contributed by atoms with Gasteiger partial charge in [-0.1, -0.05) is 0 Å². The number of aryl methyl sites for hydroxylation is 2. The Balaban J connectivity index is 1.88. The summed E-state index contributed by atoms with van der Waals surface area (Å²) < 4.78 is 4.93. The number of aromatic nitrogens is 2. The number of nitrogens with zero attached hydrogens (tertiary/aromatic N) is 2. The Morgan fingerprint density at radius 2 is 2.10 bits per heavy atom. The van der Waals surface area contributed by atoms with Gasteiger partial charge in [0, 0.05) is 32.2 Å². The van der Waals surface area contributed by atoms with E-state index in [4.69, 9.17) is 4.74 Å². The number of fused-ring (bicyclic) bond motifs is 1. The lowest BCUT2D eigenvalue weighted by Gasteiger charge is -2.20. The second-order valence-electron chi connectivity index (χ2n) is 6.82. The van der Waals surface area contributed by atoms with Gasteiger partial charge in [-0.15, -0.1) is 23.1 Å². The van der Waals surface area contributed by atoms with Crippen LogP contribution >= 0.6 is 23.1 Å². The van der Waals surface area contributed by atoms with Gasteiger partial charge in [-0.3, -0.25) is 14.4 Å². The van der Waals surface area contributed by atoms with Crippen molar-refractivity contribution in [2.24, 2.45) is 0 Å². The molecule has 0 aliphatic heterocycles. The van der Waals surface area contributed by atoms with E-state index in [1.165, 1.54) is 28.0 Å². The zero-order valence-electron chi connectivity index (χ0n) is 17.5. The molecule has 0 aromatic carbocycles. The van der Waals surface area contributed by atoms with Crippen LogP contribution in [-0.4, -0.2) is 65.8 Å². The van der Waals surface area contributed by atoms with E-state index in [2.05, 4.69) is 15.3 Å². The number of hydrogen-bond acceptors (Lipinski definition) is 7. The third kappa shape index (κ3) is 6.28. The maximum Gasteiger partial charge on any atom is 0.259 e. The molecular weight excluding hydrogens is 412 g/mol. The van der Waals surface area contributed by atoms with Crippen molar-refractivity contribution in [2.45, 2.75) is 38.2 Å². The van der Waals surface area contributed by atoms with Gasteiger partial charge in [-0.2, -0.15) is 0 Å². The molecule has 2 heterocycles. The van der Waals surface area contributed by atoms with Crippen molar-refractivity contribution < 1.29 is 14.3 Å². The third-order valence-corrected chi connectivity index (χ3v) is 6.75. The van der Waals surface area contributed by atoms with Crippen LogP contribution in [0.5, 0.6) is 0 Å². The summed E-state index contributed by atoms with van der Waals surface area (Å²) in [6.07, 6.45) is 0.727. The number of methoxy groups -OCH3 is 1. The van der Waals surface area contributed by atoms with Crippen LogP contribution in [0.4, 0.5) is 0 Å². The summed E-state index contributed by atoms with van der Waals surface area (Å²) in [6.45, 7) is 6.78. The van der Waals surface area contributed by atoms with Crippen LogP contribution < -0.4 is 10.9 Å². The summed E-state index contributed by atoms with van der Waals surface area (Å²) in [5, 5.41) is 3.04. The van der Waals surface area contributed by atoms with Gasteiger partial charge in [0.1, 0.15) is 10.7 Å². The lowest BCUT2D eigenvalue weighted by molar-refractivity contribution is -0.134. The number of rotatable bonds is 10. The Labute approximate surface area is 178 Å². The SMILES string of the molecule is COCCCNC(=O)CN(C)C(=O)C(C)SCc1nc2sc(C)c(C)c2c(=O)[nH]1. The van der Waals surface area contributed by atoms with Crippen LogP contribution in [0.2, 0.25) is 0 Å². The van der Waals surface area contributed by atoms with Crippen LogP contribution in [-0.2, 0) is 20.1 Å². The largest absolute Gasteiger partial charge is 0.385 e. The van der Waals surface area contributed by atoms with Gasteiger partial charge < -0.3 is 19.9 Å². The van der Waals surface area contributed by atoms with Crippen LogP contribution in [0, 0.1) is 13.8 Å². The highest BCUT2D eigenvalue weighted by Gasteiger charge is 2.20. The number of aromatic amines is 1. The second kappa shape index (κ2) is 10.7. The number of likely N-dealkylation sites (N-methyl/N-ethyl adjacent to an activating group) is 1. The number of carbonyl (C=O) groups is 2. The number of thioether (sulfide) groups is 1. The first-order valence-corrected chi connectivity index (χ1v) is 11.2. The van der Waals surface area contributed by atoms with Crippen molar-refractivity contribution in [3.63, 3.8) is 0 Å². The monoisotopic (exact) mass is 440 g/mol. The molecule has 2 aromatic rings. The molecule has 160 valence electrons. The van der Waals surface area contributed by atoms with E-state index in [9.17, 15) is 14.4 Å². The Kier molecular flexibility index (Phi) is 8.66. The quantitative estimate of drug-likeness (QED) is 0.546. The first-order chi connectivity index (χ1) is 13.7. The van der Waals surface area contributed by atoms with Crippen molar-refractivity contribution in [1.29, 1.82) is 0 Å². The summed E-state index contributed by atoms with van der Waals surface area (Å²) in [6, 6.07) is 0. The number of thiophene rings is 1. The predicted molar refractivity (Wildman–Crippen MR) is 118 cm³/mol. The second-order valence-corrected chi connectivity index (χ2v) is 9.35. The molecule has 10 heteroatoms. The van der Waals surface area contributed by atoms with Gasteiger partial charge in [-0.25, -0.2) is 4.98 Å². The molecule has 0 spiro atoms. The number of hydrogen-bond donors (Lipinski definition) is 2. The van der Waals surface area contributed by atoms with Gasteiger partial charge in [0.15, 0.2) is 0 Å².